The maximum Gasteiger partial charge on any atom is 0.0645 e. The van der Waals surface area contributed by atoms with E-state index in [0.717, 1.165) is 34.1 Å². The SMILES string of the molecule is CC1(C)c2cc(N(c3cccnc3)c3ccc4ccccc4c3)ccc2-c2cc3c4ccccc4c(N(c4cccnc4)c4ccc5ccccc5c4)cc3c3cccc1c23. The molecule has 0 saturated heterocycles. The third-order valence-corrected chi connectivity index (χ3v) is 12.9. The van der Waals surface area contributed by atoms with Crippen molar-refractivity contribution in [1.82, 2.24) is 9.97 Å². The highest BCUT2D eigenvalue weighted by Gasteiger charge is 2.35. The minimum absolute atomic E-state index is 0.290. The summed E-state index contributed by atoms with van der Waals surface area (Å²) in [6.45, 7) is 4.77. The third-order valence-electron chi connectivity index (χ3n) is 12.9. The zero-order valence-electron chi connectivity index (χ0n) is 33.9. The van der Waals surface area contributed by atoms with Crippen LogP contribution in [-0.4, -0.2) is 9.97 Å². The first-order chi connectivity index (χ1) is 30.0. The number of pyridine rings is 2. The molecule has 0 N–H and O–H groups in total. The van der Waals surface area contributed by atoms with Gasteiger partial charge in [0.15, 0.2) is 0 Å². The first-order valence-electron chi connectivity index (χ1n) is 21.0. The quantitative estimate of drug-likeness (QED) is 0.157. The lowest BCUT2D eigenvalue weighted by Crippen LogP contribution is -2.24. The van der Waals surface area contributed by atoms with Crippen LogP contribution in [0.5, 0.6) is 0 Å². The fourth-order valence-electron chi connectivity index (χ4n) is 10.0. The minimum atomic E-state index is -0.290. The number of hydrogen-bond acceptors (Lipinski definition) is 4. The Morgan fingerprint density at radius 2 is 0.918 bits per heavy atom. The molecule has 61 heavy (non-hydrogen) atoms. The largest absolute Gasteiger partial charge is 0.309 e. The van der Waals surface area contributed by atoms with E-state index in [-0.39, 0.29) is 5.41 Å². The summed E-state index contributed by atoms with van der Waals surface area (Å²) in [5.74, 6) is 0. The van der Waals surface area contributed by atoms with Crippen molar-refractivity contribution in [2.75, 3.05) is 9.80 Å². The lowest BCUT2D eigenvalue weighted by atomic mass is 9.68. The van der Waals surface area contributed by atoms with E-state index < -0.39 is 0 Å². The van der Waals surface area contributed by atoms with Crippen LogP contribution < -0.4 is 9.80 Å². The molecule has 12 rings (SSSR count). The van der Waals surface area contributed by atoms with E-state index in [2.05, 4.69) is 203 Å². The standard InChI is InChI=1S/C57H40N4/c1-57(2)53-21-9-20-49-51-34-55(61(45-17-11-29-59-36-45)42-25-23-38-13-4-6-15-40(38)31-42)48-19-8-7-18-46(48)50(51)33-52(56(49)53)47-27-26-43(32-54(47)57)60(44-16-10-28-58-35-44)41-24-22-37-12-3-5-14-39(37)30-41/h3-36H,1-2H3. The molecule has 288 valence electrons. The highest BCUT2D eigenvalue weighted by molar-refractivity contribution is 6.25. The Kier molecular flexibility index (Phi) is 7.85. The van der Waals surface area contributed by atoms with Gasteiger partial charge in [0.25, 0.3) is 0 Å². The smallest absolute Gasteiger partial charge is 0.0645 e. The maximum atomic E-state index is 4.61. The number of nitrogens with zero attached hydrogens (tertiary/aromatic N) is 4. The molecule has 9 aromatic carbocycles. The molecule has 0 atom stereocenters. The molecule has 2 heterocycles. The van der Waals surface area contributed by atoms with Crippen LogP contribution in [0, 0.1) is 0 Å². The van der Waals surface area contributed by atoms with Crippen LogP contribution in [0.4, 0.5) is 34.1 Å². The van der Waals surface area contributed by atoms with E-state index >= 15 is 0 Å². The predicted molar refractivity (Wildman–Crippen MR) is 256 cm³/mol. The molecule has 0 unspecified atom stereocenters. The summed E-state index contributed by atoms with van der Waals surface area (Å²) in [6, 6.07) is 66.7. The highest BCUT2D eigenvalue weighted by Crippen LogP contribution is 2.53. The Morgan fingerprint density at radius 1 is 0.361 bits per heavy atom. The van der Waals surface area contributed by atoms with Crippen LogP contribution in [0.25, 0.3) is 65.0 Å². The molecule has 0 saturated carbocycles. The molecule has 1 aliphatic carbocycles. The molecular formula is C57H40N4. The average Bonchev–Trinajstić information content (AvgIpc) is 3.31. The van der Waals surface area contributed by atoms with Crippen LogP contribution in [0.15, 0.2) is 207 Å². The zero-order valence-corrected chi connectivity index (χ0v) is 33.9. The highest BCUT2D eigenvalue weighted by atomic mass is 15.2. The van der Waals surface area contributed by atoms with Crippen molar-refractivity contribution in [3.8, 4) is 11.1 Å². The summed E-state index contributed by atoms with van der Waals surface area (Å²) in [7, 11) is 0. The average molecular weight is 781 g/mol. The van der Waals surface area contributed by atoms with Crippen molar-refractivity contribution in [2.45, 2.75) is 19.3 Å². The molecule has 0 amide bonds. The van der Waals surface area contributed by atoms with Crippen LogP contribution in [0.3, 0.4) is 0 Å². The van der Waals surface area contributed by atoms with E-state index in [1.54, 1.807) is 0 Å². The van der Waals surface area contributed by atoms with Gasteiger partial charge >= 0.3 is 0 Å². The van der Waals surface area contributed by atoms with Gasteiger partial charge in [-0.25, -0.2) is 0 Å². The Bertz CT molecular complexity index is 3520. The summed E-state index contributed by atoms with van der Waals surface area (Å²) in [5, 5.41) is 12.3. The number of rotatable bonds is 6. The first kappa shape index (κ1) is 35.2. The topological polar surface area (TPSA) is 32.3 Å². The Balaban J connectivity index is 1.09. The maximum absolute atomic E-state index is 4.61. The van der Waals surface area contributed by atoms with Gasteiger partial charge in [-0.3, -0.25) is 9.97 Å². The molecule has 11 aromatic rings. The van der Waals surface area contributed by atoms with Gasteiger partial charge in [-0.1, -0.05) is 123 Å². The van der Waals surface area contributed by atoms with Crippen molar-refractivity contribution in [3.63, 3.8) is 0 Å². The van der Waals surface area contributed by atoms with E-state index in [1.807, 2.05) is 36.9 Å². The fraction of sp³-hybridized carbons (Fsp3) is 0.0526. The van der Waals surface area contributed by atoms with Gasteiger partial charge in [0.2, 0.25) is 0 Å². The summed E-state index contributed by atoms with van der Waals surface area (Å²) < 4.78 is 0. The summed E-state index contributed by atoms with van der Waals surface area (Å²) in [4.78, 5) is 13.9. The van der Waals surface area contributed by atoms with Gasteiger partial charge in [0.05, 0.1) is 29.5 Å². The Hall–Kier alpha value is -7.82. The normalized spacial score (nSPS) is 12.9. The van der Waals surface area contributed by atoms with Crippen molar-refractivity contribution in [2.24, 2.45) is 0 Å². The van der Waals surface area contributed by atoms with Crippen LogP contribution in [-0.2, 0) is 5.41 Å². The summed E-state index contributed by atoms with van der Waals surface area (Å²) in [5.41, 5.74) is 11.3. The molecule has 2 aromatic heterocycles. The molecule has 0 bridgehead atoms. The predicted octanol–water partition coefficient (Wildman–Crippen LogP) is 15.5. The molecule has 0 fully saturated rings. The van der Waals surface area contributed by atoms with Gasteiger partial charge in [-0.05, 0) is 144 Å². The van der Waals surface area contributed by atoms with Crippen molar-refractivity contribution in [1.29, 1.82) is 0 Å². The van der Waals surface area contributed by atoms with Crippen molar-refractivity contribution < 1.29 is 0 Å². The van der Waals surface area contributed by atoms with E-state index in [0.29, 0.717) is 0 Å². The lowest BCUT2D eigenvalue weighted by Gasteiger charge is -2.37. The van der Waals surface area contributed by atoms with Gasteiger partial charge in [-0.15, -0.1) is 0 Å². The van der Waals surface area contributed by atoms with E-state index in [9.17, 15) is 0 Å². The van der Waals surface area contributed by atoms with Crippen molar-refractivity contribution >= 4 is 88.0 Å². The number of benzene rings is 9. The van der Waals surface area contributed by atoms with Gasteiger partial charge in [0.1, 0.15) is 0 Å². The molecule has 0 aliphatic heterocycles. The molecule has 4 heteroatoms. The number of hydrogen-bond donors (Lipinski definition) is 0. The van der Waals surface area contributed by atoms with Crippen molar-refractivity contribution in [3.05, 3.63) is 218 Å². The fourth-order valence-corrected chi connectivity index (χ4v) is 10.0. The molecule has 0 spiro atoms. The third kappa shape index (κ3) is 5.53. The minimum Gasteiger partial charge on any atom is -0.309 e. The second kappa shape index (κ2) is 13.6. The Morgan fingerprint density at radius 3 is 1.59 bits per heavy atom. The first-order valence-corrected chi connectivity index (χ1v) is 21.0. The van der Waals surface area contributed by atoms with E-state index in [4.69, 9.17) is 0 Å². The van der Waals surface area contributed by atoms with E-state index in [1.165, 1.54) is 76.1 Å². The van der Waals surface area contributed by atoms with Gasteiger partial charge in [0, 0.05) is 40.3 Å². The number of anilines is 6. The number of aromatic nitrogens is 2. The van der Waals surface area contributed by atoms with Gasteiger partial charge in [-0.2, -0.15) is 0 Å². The van der Waals surface area contributed by atoms with Crippen LogP contribution in [0.2, 0.25) is 0 Å². The Labute approximate surface area is 354 Å². The molecule has 1 aliphatic rings. The lowest BCUT2D eigenvalue weighted by molar-refractivity contribution is 0.645. The molecule has 4 nitrogen and oxygen atoms in total. The van der Waals surface area contributed by atoms with Crippen LogP contribution in [0.1, 0.15) is 25.0 Å². The van der Waals surface area contributed by atoms with Gasteiger partial charge < -0.3 is 9.80 Å². The zero-order chi connectivity index (χ0) is 40.7. The second-order valence-electron chi connectivity index (χ2n) is 16.7. The number of fused-ring (bicyclic) bond motifs is 8. The molecule has 0 radical (unpaired) electrons. The summed E-state index contributed by atoms with van der Waals surface area (Å²) >= 11 is 0. The molecular weight excluding hydrogens is 741 g/mol. The monoisotopic (exact) mass is 780 g/mol. The second-order valence-corrected chi connectivity index (χ2v) is 16.7. The summed E-state index contributed by atoms with van der Waals surface area (Å²) in [6.07, 6.45) is 7.61. The van der Waals surface area contributed by atoms with Crippen LogP contribution >= 0.6 is 0 Å².